The molecule has 0 bridgehead atoms. The van der Waals surface area contributed by atoms with E-state index >= 15 is 0 Å². The summed E-state index contributed by atoms with van der Waals surface area (Å²) in [6, 6.07) is 4.45. The quantitative estimate of drug-likeness (QED) is 0.880. The summed E-state index contributed by atoms with van der Waals surface area (Å²) in [5.74, 6) is -0.811. The van der Waals surface area contributed by atoms with E-state index in [4.69, 9.17) is 0 Å². The molecule has 5 nitrogen and oxygen atoms in total. The van der Waals surface area contributed by atoms with Crippen molar-refractivity contribution in [2.75, 3.05) is 13.1 Å². The SMILES string of the molecule is C[C@@H](NC(=O)Cc1ccc(OC(F)(F)F)cc1)C(=O)N1CCCCC1. The monoisotopic (exact) mass is 358 g/mol. The molecule has 0 saturated carbocycles. The summed E-state index contributed by atoms with van der Waals surface area (Å²) >= 11 is 0. The van der Waals surface area contributed by atoms with Crippen molar-refractivity contribution in [2.24, 2.45) is 0 Å². The number of piperidine rings is 1. The number of alkyl halides is 3. The van der Waals surface area contributed by atoms with Crippen LogP contribution in [0.3, 0.4) is 0 Å². The lowest BCUT2D eigenvalue weighted by Gasteiger charge is -2.29. The van der Waals surface area contributed by atoms with Gasteiger partial charge in [-0.25, -0.2) is 0 Å². The number of carbonyl (C=O) groups is 2. The van der Waals surface area contributed by atoms with Crippen molar-refractivity contribution in [2.45, 2.75) is 45.0 Å². The van der Waals surface area contributed by atoms with Gasteiger partial charge in [0.2, 0.25) is 11.8 Å². The van der Waals surface area contributed by atoms with Gasteiger partial charge in [-0.05, 0) is 43.9 Å². The number of carbonyl (C=O) groups excluding carboxylic acids is 2. The first kappa shape index (κ1) is 19.1. The van der Waals surface area contributed by atoms with E-state index in [1.54, 1.807) is 11.8 Å². The molecule has 1 aliphatic rings. The van der Waals surface area contributed by atoms with Crippen LogP contribution in [-0.4, -0.2) is 42.2 Å². The third-order valence-electron chi connectivity index (χ3n) is 3.94. The van der Waals surface area contributed by atoms with Gasteiger partial charge in [-0.1, -0.05) is 12.1 Å². The van der Waals surface area contributed by atoms with E-state index in [9.17, 15) is 22.8 Å². The zero-order valence-corrected chi connectivity index (χ0v) is 13.9. The predicted molar refractivity (Wildman–Crippen MR) is 84.9 cm³/mol. The Bertz CT molecular complexity index is 596. The highest BCUT2D eigenvalue weighted by Crippen LogP contribution is 2.22. The molecule has 1 aromatic rings. The van der Waals surface area contributed by atoms with Crippen molar-refractivity contribution < 1.29 is 27.5 Å². The highest BCUT2D eigenvalue weighted by Gasteiger charge is 2.31. The van der Waals surface area contributed by atoms with Gasteiger partial charge in [-0.2, -0.15) is 0 Å². The van der Waals surface area contributed by atoms with Crippen molar-refractivity contribution in [3.05, 3.63) is 29.8 Å². The molecule has 25 heavy (non-hydrogen) atoms. The van der Waals surface area contributed by atoms with Crippen molar-refractivity contribution in [1.82, 2.24) is 10.2 Å². The van der Waals surface area contributed by atoms with Crippen LogP contribution in [0.1, 0.15) is 31.7 Å². The smallest absolute Gasteiger partial charge is 0.406 e. The number of nitrogens with one attached hydrogen (secondary N) is 1. The molecule has 2 amide bonds. The van der Waals surface area contributed by atoms with Crippen LogP contribution in [0.2, 0.25) is 0 Å². The van der Waals surface area contributed by atoms with Crippen LogP contribution in [0.5, 0.6) is 5.75 Å². The van der Waals surface area contributed by atoms with Gasteiger partial charge in [0, 0.05) is 13.1 Å². The van der Waals surface area contributed by atoms with Gasteiger partial charge in [0.1, 0.15) is 11.8 Å². The topological polar surface area (TPSA) is 58.6 Å². The van der Waals surface area contributed by atoms with E-state index in [-0.39, 0.29) is 24.0 Å². The first-order chi connectivity index (χ1) is 11.7. The number of amides is 2. The van der Waals surface area contributed by atoms with Crippen LogP contribution in [0.25, 0.3) is 0 Å². The number of halogens is 3. The molecule has 1 saturated heterocycles. The molecular formula is C17H21F3N2O3. The van der Waals surface area contributed by atoms with E-state index in [0.29, 0.717) is 18.7 Å². The van der Waals surface area contributed by atoms with Crippen LogP contribution in [0.4, 0.5) is 13.2 Å². The zero-order chi connectivity index (χ0) is 18.4. The standard InChI is InChI=1S/C17H21F3N2O3/c1-12(16(24)22-9-3-2-4-10-22)21-15(23)11-13-5-7-14(8-6-13)25-17(18,19)20/h5-8,12H,2-4,9-11H2,1H3,(H,21,23)/t12-/m1/s1. The third kappa shape index (κ3) is 6.28. The highest BCUT2D eigenvalue weighted by molar-refractivity contribution is 5.88. The maximum atomic E-state index is 12.3. The maximum absolute atomic E-state index is 12.3. The predicted octanol–water partition coefficient (Wildman–Crippen LogP) is 2.64. The number of rotatable bonds is 5. The summed E-state index contributed by atoms with van der Waals surface area (Å²) in [4.78, 5) is 26.0. The fourth-order valence-corrected chi connectivity index (χ4v) is 2.74. The molecule has 1 aliphatic heterocycles. The molecule has 2 rings (SSSR count). The lowest BCUT2D eigenvalue weighted by molar-refractivity contribution is -0.274. The average Bonchev–Trinajstić information content (AvgIpc) is 2.55. The summed E-state index contributed by atoms with van der Waals surface area (Å²) in [5.41, 5.74) is 0.532. The largest absolute Gasteiger partial charge is 0.573 e. The maximum Gasteiger partial charge on any atom is 0.573 e. The molecule has 1 atom stereocenters. The summed E-state index contributed by atoms with van der Waals surface area (Å²) in [7, 11) is 0. The van der Waals surface area contributed by atoms with E-state index in [1.165, 1.54) is 12.1 Å². The van der Waals surface area contributed by atoms with Crippen LogP contribution in [-0.2, 0) is 16.0 Å². The number of nitrogens with zero attached hydrogens (tertiary/aromatic N) is 1. The van der Waals surface area contributed by atoms with Gasteiger partial charge >= 0.3 is 6.36 Å². The fraction of sp³-hybridized carbons (Fsp3) is 0.529. The lowest BCUT2D eigenvalue weighted by Crippen LogP contribution is -2.48. The fourth-order valence-electron chi connectivity index (χ4n) is 2.74. The first-order valence-corrected chi connectivity index (χ1v) is 8.17. The summed E-state index contributed by atoms with van der Waals surface area (Å²) in [6.45, 7) is 3.05. The van der Waals surface area contributed by atoms with Crippen LogP contribution >= 0.6 is 0 Å². The molecule has 1 N–H and O–H groups in total. The molecule has 1 aromatic carbocycles. The molecule has 0 aromatic heterocycles. The zero-order valence-electron chi connectivity index (χ0n) is 13.9. The molecule has 0 aliphatic carbocycles. The number of hydrogen-bond acceptors (Lipinski definition) is 3. The van der Waals surface area contributed by atoms with Gasteiger partial charge < -0.3 is 15.0 Å². The Kier molecular flexibility index (Phi) is 6.27. The normalized spacial score (nSPS) is 16.2. The molecule has 0 unspecified atom stereocenters. The summed E-state index contributed by atoms with van der Waals surface area (Å²) in [5, 5.41) is 2.64. The van der Waals surface area contributed by atoms with E-state index in [2.05, 4.69) is 10.1 Å². The van der Waals surface area contributed by atoms with Gasteiger partial charge in [-0.3, -0.25) is 9.59 Å². The Morgan fingerprint density at radius 1 is 1.16 bits per heavy atom. The Labute approximate surface area is 144 Å². The second kappa shape index (κ2) is 8.22. The molecule has 0 spiro atoms. The van der Waals surface area contributed by atoms with Crippen molar-refractivity contribution in [3.63, 3.8) is 0 Å². The van der Waals surface area contributed by atoms with Gasteiger partial charge in [0.25, 0.3) is 0 Å². The minimum atomic E-state index is -4.75. The van der Waals surface area contributed by atoms with Crippen LogP contribution in [0, 0.1) is 0 Å². The number of ether oxygens (including phenoxy) is 1. The minimum Gasteiger partial charge on any atom is -0.406 e. The Morgan fingerprint density at radius 3 is 2.32 bits per heavy atom. The molecule has 0 radical (unpaired) electrons. The second-order valence-corrected chi connectivity index (χ2v) is 6.04. The minimum absolute atomic E-state index is 0.0239. The lowest BCUT2D eigenvalue weighted by atomic mass is 10.1. The highest BCUT2D eigenvalue weighted by atomic mass is 19.4. The molecular weight excluding hydrogens is 337 g/mol. The Balaban J connectivity index is 1.83. The Hall–Kier alpha value is -2.25. The Morgan fingerprint density at radius 2 is 1.76 bits per heavy atom. The van der Waals surface area contributed by atoms with E-state index in [1.807, 2.05) is 0 Å². The van der Waals surface area contributed by atoms with Crippen LogP contribution < -0.4 is 10.1 Å². The van der Waals surface area contributed by atoms with Gasteiger partial charge in [-0.15, -0.1) is 13.2 Å². The third-order valence-corrected chi connectivity index (χ3v) is 3.94. The van der Waals surface area contributed by atoms with Crippen LogP contribution in [0.15, 0.2) is 24.3 Å². The number of hydrogen-bond donors (Lipinski definition) is 1. The van der Waals surface area contributed by atoms with E-state index in [0.717, 1.165) is 31.4 Å². The summed E-state index contributed by atoms with van der Waals surface area (Å²) < 4.78 is 40.1. The average molecular weight is 358 g/mol. The van der Waals surface area contributed by atoms with Crippen molar-refractivity contribution in [3.8, 4) is 5.75 Å². The number of benzene rings is 1. The number of likely N-dealkylation sites (tertiary alicyclic amines) is 1. The molecule has 138 valence electrons. The van der Waals surface area contributed by atoms with Crippen molar-refractivity contribution >= 4 is 11.8 Å². The van der Waals surface area contributed by atoms with E-state index < -0.39 is 12.4 Å². The van der Waals surface area contributed by atoms with Gasteiger partial charge in [0.15, 0.2) is 0 Å². The summed E-state index contributed by atoms with van der Waals surface area (Å²) in [6.07, 6.45) is -1.72. The first-order valence-electron chi connectivity index (χ1n) is 8.17. The molecule has 1 heterocycles. The molecule has 1 fully saturated rings. The molecule has 8 heteroatoms. The second-order valence-electron chi connectivity index (χ2n) is 6.04. The van der Waals surface area contributed by atoms with Crippen molar-refractivity contribution in [1.29, 1.82) is 0 Å². The van der Waals surface area contributed by atoms with Gasteiger partial charge in [0.05, 0.1) is 6.42 Å².